The van der Waals surface area contributed by atoms with Gasteiger partial charge in [-0.25, -0.2) is 0 Å². The largest absolute Gasteiger partial charge is 0.466 e. The molecule has 0 radical (unpaired) electrons. The van der Waals surface area contributed by atoms with Gasteiger partial charge in [-0.1, -0.05) is 51.5 Å². The van der Waals surface area contributed by atoms with Crippen LogP contribution in [0, 0.1) is 5.41 Å². The van der Waals surface area contributed by atoms with E-state index in [1.807, 2.05) is 0 Å². The quantitative estimate of drug-likeness (QED) is 0.537. The van der Waals surface area contributed by atoms with Crippen LogP contribution in [0.3, 0.4) is 0 Å². The summed E-state index contributed by atoms with van der Waals surface area (Å²) in [5.41, 5.74) is 0.411. The Morgan fingerprint density at radius 2 is 2.06 bits per heavy atom. The van der Waals surface area contributed by atoms with Gasteiger partial charge in [-0.15, -0.1) is 0 Å². The van der Waals surface area contributed by atoms with Gasteiger partial charge >= 0.3 is 5.97 Å². The average molecular weight is 224 g/mol. The number of unbranched alkanes of at least 4 members (excludes halogenated alkanes) is 1. The van der Waals surface area contributed by atoms with Crippen molar-refractivity contribution in [2.75, 3.05) is 6.61 Å². The van der Waals surface area contributed by atoms with E-state index in [0.29, 0.717) is 12.0 Å². The molecule has 92 valence electrons. The standard InChI is InChI=1S/C8H12.C6H12O2/c1-8(2)6-4-3-5-7-8;1-3-4-5-8-6(2)7/h3-6H,7H2,1-2H3;3-5H2,1-2H3. The minimum atomic E-state index is -0.182. The van der Waals surface area contributed by atoms with Crippen LogP contribution in [0.1, 0.15) is 47.0 Å². The monoisotopic (exact) mass is 224 g/mol. The molecule has 16 heavy (non-hydrogen) atoms. The van der Waals surface area contributed by atoms with E-state index in [-0.39, 0.29) is 5.97 Å². The zero-order valence-electron chi connectivity index (χ0n) is 11.0. The molecule has 1 aliphatic carbocycles. The van der Waals surface area contributed by atoms with E-state index in [1.165, 1.54) is 13.3 Å². The second kappa shape index (κ2) is 8.14. The van der Waals surface area contributed by atoms with Crippen molar-refractivity contribution in [3.63, 3.8) is 0 Å². The van der Waals surface area contributed by atoms with E-state index in [4.69, 9.17) is 0 Å². The lowest BCUT2D eigenvalue weighted by Gasteiger charge is -2.19. The van der Waals surface area contributed by atoms with Crippen LogP contribution in [0.5, 0.6) is 0 Å². The van der Waals surface area contributed by atoms with E-state index < -0.39 is 0 Å². The first-order chi connectivity index (χ1) is 7.48. The third kappa shape index (κ3) is 9.50. The Balaban J connectivity index is 0.000000281. The number of allylic oxidation sites excluding steroid dienone is 4. The maximum atomic E-state index is 10.1. The SMILES string of the molecule is CC1(C)C=CC=CC1.CCCCOC(C)=O. The van der Waals surface area contributed by atoms with Gasteiger partial charge in [0.2, 0.25) is 0 Å². The Hall–Kier alpha value is -1.05. The topological polar surface area (TPSA) is 26.3 Å². The fraction of sp³-hybridized carbons (Fsp3) is 0.643. The van der Waals surface area contributed by atoms with E-state index in [0.717, 1.165) is 12.8 Å². The van der Waals surface area contributed by atoms with Gasteiger partial charge in [-0.3, -0.25) is 4.79 Å². The van der Waals surface area contributed by atoms with E-state index in [2.05, 4.69) is 49.8 Å². The molecule has 1 aliphatic rings. The van der Waals surface area contributed by atoms with Gasteiger partial charge in [0.15, 0.2) is 0 Å². The van der Waals surface area contributed by atoms with Gasteiger partial charge in [0.25, 0.3) is 0 Å². The van der Waals surface area contributed by atoms with E-state index >= 15 is 0 Å². The molecule has 1 rings (SSSR count). The van der Waals surface area contributed by atoms with Crippen molar-refractivity contribution < 1.29 is 9.53 Å². The van der Waals surface area contributed by atoms with Crippen LogP contribution in [-0.2, 0) is 9.53 Å². The normalized spacial score (nSPS) is 16.2. The number of rotatable bonds is 3. The number of hydrogen-bond acceptors (Lipinski definition) is 2. The number of carbonyl (C=O) groups is 1. The highest BCUT2D eigenvalue weighted by Crippen LogP contribution is 2.24. The van der Waals surface area contributed by atoms with Gasteiger partial charge in [-0.2, -0.15) is 0 Å². The van der Waals surface area contributed by atoms with Gasteiger partial charge in [0, 0.05) is 6.92 Å². The number of esters is 1. The van der Waals surface area contributed by atoms with Gasteiger partial charge in [-0.05, 0) is 18.3 Å². The first-order valence-electron chi connectivity index (χ1n) is 5.95. The lowest BCUT2D eigenvalue weighted by atomic mass is 9.86. The predicted octanol–water partition coefficient (Wildman–Crippen LogP) is 3.88. The molecule has 0 atom stereocenters. The fourth-order valence-electron chi connectivity index (χ4n) is 1.19. The Labute approximate surface area is 99.4 Å². The lowest BCUT2D eigenvalue weighted by molar-refractivity contribution is -0.141. The maximum absolute atomic E-state index is 10.1. The highest BCUT2D eigenvalue weighted by molar-refractivity contribution is 5.65. The molecular weight excluding hydrogens is 200 g/mol. The number of carbonyl (C=O) groups excluding carboxylic acids is 1. The van der Waals surface area contributed by atoms with Crippen molar-refractivity contribution in [3.8, 4) is 0 Å². The second-order valence-corrected chi connectivity index (χ2v) is 4.67. The molecule has 0 fully saturated rings. The van der Waals surface area contributed by atoms with Crippen LogP contribution < -0.4 is 0 Å². The zero-order chi connectivity index (χ0) is 12.4. The molecule has 0 aromatic heterocycles. The highest BCUT2D eigenvalue weighted by Gasteiger charge is 2.11. The summed E-state index contributed by atoms with van der Waals surface area (Å²) in [4.78, 5) is 10.1. The van der Waals surface area contributed by atoms with Crippen molar-refractivity contribution in [1.29, 1.82) is 0 Å². The molecule has 2 heteroatoms. The molecule has 0 bridgehead atoms. The molecule has 2 nitrogen and oxygen atoms in total. The number of hydrogen-bond donors (Lipinski definition) is 0. The van der Waals surface area contributed by atoms with Crippen LogP contribution in [-0.4, -0.2) is 12.6 Å². The zero-order valence-corrected chi connectivity index (χ0v) is 11.0. The Kier molecular flexibility index (Phi) is 7.61. The summed E-state index contributed by atoms with van der Waals surface area (Å²) in [6.07, 6.45) is 11.9. The third-order valence-corrected chi connectivity index (χ3v) is 2.24. The van der Waals surface area contributed by atoms with Crippen molar-refractivity contribution in [2.45, 2.75) is 47.0 Å². The summed E-state index contributed by atoms with van der Waals surface area (Å²) in [7, 11) is 0. The van der Waals surface area contributed by atoms with Crippen LogP contribution >= 0.6 is 0 Å². The summed E-state index contributed by atoms with van der Waals surface area (Å²) in [5.74, 6) is -0.182. The molecule has 0 spiro atoms. The maximum Gasteiger partial charge on any atom is 0.302 e. The first kappa shape index (κ1) is 14.9. The minimum absolute atomic E-state index is 0.182. The Morgan fingerprint density at radius 1 is 1.38 bits per heavy atom. The van der Waals surface area contributed by atoms with Crippen molar-refractivity contribution >= 4 is 5.97 Å². The minimum Gasteiger partial charge on any atom is -0.466 e. The molecule has 0 aromatic carbocycles. The summed E-state index contributed by atoms with van der Waals surface area (Å²) >= 11 is 0. The van der Waals surface area contributed by atoms with Crippen molar-refractivity contribution in [2.24, 2.45) is 5.41 Å². The van der Waals surface area contributed by atoms with E-state index in [1.54, 1.807) is 0 Å². The van der Waals surface area contributed by atoms with Crippen molar-refractivity contribution in [1.82, 2.24) is 0 Å². The summed E-state index contributed by atoms with van der Waals surface area (Å²) < 4.78 is 4.64. The van der Waals surface area contributed by atoms with Crippen LogP contribution in [0.4, 0.5) is 0 Å². The molecule has 0 heterocycles. The average Bonchev–Trinajstić information content (AvgIpc) is 2.18. The fourth-order valence-corrected chi connectivity index (χ4v) is 1.19. The van der Waals surface area contributed by atoms with Gasteiger partial charge in [0.05, 0.1) is 6.61 Å². The smallest absolute Gasteiger partial charge is 0.302 e. The van der Waals surface area contributed by atoms with E-state index in [9.17, 15) is 4.79 Å². The summed E-state index contributed by atoms with van der Waals surface area (Å²) in [6, 6.07) is 0. The molecule has 0 saturated heterocycles. The molecular formula is C14H24O2. The molecule has 0 aliphatic heterocycles. The first-order valence-corrected chi connectivity index (χ1v) is 5.95. The Bertz CT molecular complexity index is 249. The van der Waals surface area contributed by atoms with Crippen LogP contribution in [0.15, 0.2) is 24.3 Å². The molecule has 0 aromatic rings. The third-order valence-electron chi connectivity index (χ3n) is 2.24. The lowest BCUT2D eigenvalue weighted by Crippen LogP contribution is -2.06. The van der Waals surface area contributed by atoms with Crippen molar-refractivity contribution in [3.05, 3.63) is 24.3 Å². The summed E-state index contributed by atoms with van der Waals surface area (Å²) in [6.45, 7) is 8.55. The van der Waals surface area contributed by atoms with Gasteiger partial charge in [0.1, 0.15) is 0 Å². The molecule has 0 saturated carbocycles. The second-order valence-electron chi connectivity index (χ2n) is 4.67. The molecule has 0 N–H and O–H groups in total. The molecule has 0 unspecified atom stereocenters. The van der Waals surface area contributed by atoms with Crippen LogP contribution in [0.2, 0.25) is 0 Å². The predicted molar refractivity (Wildman–Crippen MR) is 68.2 cm³/mol. The summed E-state index contributed by atoms with van der Waals surface area (Å²) in [5, 5.41) is 0. The van der Waals surface area contributed by atoms with Gasteiger partial charge < -0.3 is 4.74 Å². The Morgan fingerprint density at radius 3 is 2.38 bits per heavy atom. The molecule has 0 amide bonds. The number of ether oxygens (including phenoxy) is 1. The highest BCUT2D eigenvalue weighted by atomic mass is 16.5. The van der Waals surface area contributed by atoms with Crippen LogP contribution in [0.25, 0.3) is 0 Å².